The summed E-state index contributed by atoms with van der Waals surface area (Å²) in [4.78, 5) is 20.8. The summed E-state index contributed by atoms with van der Waals surface area (Å²) >= 11 is 0. The van der Waals surface area contributed by atoms with Gasteiger partial charge in [0.2, 0.25) is 5.91 Å². The number of carbonyl (C=O) groups excluding carboxylic acids is 1. The van der Waals surface area contributed by atoms with Gasteiger partial charge in [-0.15, -0.1) is 5.10 Å². The van der Waals surface area contributed by atoms with E-state index in [1.165, 1.54) is 16.6 Å². The quantitative estimate of drug-likeness (QED) is 0.527. The zero-order valence-electron chi connectivity index (χ0n) is 15.3. The number of hydrogen-bond donors (Lipinski definition) is 1. The van der Waals surface area contributed by atoms with E-state index in [1.54, 1.807) is 30.5 Å². The number of amides is 1. The number of benzene rings is 2. The van der Waals surface area contributed by atoms with E-state index < -0.39 is 15.7 Å². The van der Waals surface area contributed by atoms with Crippen molar-refractivity contribution in [2.24, 2.45) is 0 Å². The second-order valence-electron chi connectivity index (χ2n) is 6.27. The number of nitrogens with one attached hydrogen (secondary N) is 1. The summed E-state index contributed by atoms with van der Waals surface area (Å²) < 4.78 is 26.1. The molecule has 146 valence electrons. The van der Waals surface area contributed by atoms with Crippen molar-refractivity contribution in [1.29, 1.82) is 0 Å². The monoisotopic (exact) mass is 407 g/mol. The van der Waals surface area contributed by atoms with Gasteiger partial charge in [0.1, 0.15) is 0 Å². The average molecular weight is 407 g/mol. The molecule has 0 atom stereocenters. The van der Waals surface area contributed by atoms with Crippen molar-refractivity contribution in [2.75, 3.05) is 11.1 Å². The Labute approximate surface area is 167 Å². The van der Waals surface area contributed by atoms with Crippen LogP contribution in [0.15, 0.2) is 77.8 Å². The van der Waals surface area contributed by atoms with Gasteiger partial charge in [0, 0.05) is 18.2 Å². The maximum atomic E-state index is 12.3. The third kappa shape index (κ3) is 4.14. The summed E-state index contributed by atoms with van der Waals surface area (Å²) in [6, 6.07) is 19.4. The van der Waals surface area contributed by atoms with E-state index in [4.69, 9.17) is 0 Å². The summed E-state index contributed by atoms with van der Waals surface area (Å²) in [5.74, 6) is -0.382. The van der Waals surface area contributed by atoms with Gasteiger partial charge in [-0.05, 0) is 18.2 Å². The zero-order chi connectivity index (χ0) is 20.3. The topological polar surface area (TPSA) is 106 Å². The third-order valence-corrected chi connectivity index (χ3v) is 5.99. The molecule has 4 aromatic rings. The Balaban J connectivity index is 1.49. The lowest BCUT2D eigenvalue weighted by molar-refractivity contribution is -0.115. The first kappa shape index (κ1) is 18.8. The molecule has 0 unspecified atom stereocenters. The van der Waals surface area contributed by atoms with Crippen LogP contribution in [0.4, 0.5) is 5.95 Å². The summed E-state index contributed by atoms with van der Waals surface area (Å²) in [7, 11) is -3.53. The molecule has 0 aliphatic heterocycles. The highest BCUT2D eigenvalue weighted by atomic mass is 32.2. The highest BCUT2D eigenvalue weighted by Gasteiger charge is 2.17. The summed E-state index contributed by atoms with van der Waals surface area (Å²) in [6.07, 6.45) is 1.41. The number of sulfone groups is 1. The van der Waals surface area contributed by atoms with E-state index in [0.29, 0.717) is 5.78 Å². The van der Waals surface area contributed by atoms with E-state index in [2.05, 4.69) is 20.4 Å². The largest absolute Gasteiger partial charge is 0.293 e. The molecular weight excluding hydrogens is 390 g/mol. The number of nitrogens with zero attached hydrogens (tertiary/aromatic N) is 4. The van der Waals surface area contributed by atoms with E-state index in [0.717, 1.165) is 11.3 Å². The van der Waals surface area contributed by atoms with Crippen LogP contribution in [-0.4, -0.2) is 39.7 Å². The maximum Gasteiger partial charge on any atom is 0.254 e. The van der Waals surface area contributed by atoms with Crippen molar-refractivity contribution >= 4 is 27.5 Å². The molecule has 9 heteroatoms. The number of fused-ring (bicyclic) bond motifs is 1. The molecule has 4 rings (SSSR count). The fourth-order valence-electron chi connectivity index (χ4n) is 2.83. The second kappa shape index (κ2) is 7.80. The van der Waals surface area contributed by atoms with E-state index in [9.17, 15) is 13.2 Å². The SMILES string of the molecule is O=C(CCS(=O)(=O)c1ccccc1)Nc1nc2nccc(-c3ccccc3)n2n1. The normalized spacial score (nSPS) is 11.4. The molecule has 0 saturated carbocycles. The lowest BCUT2D eigenvalue weighted by Gasteiger charge is -2.04. The maximum absolute atomic E-state index is 12.3. The van der Waals surface area contributed by atoms with Crippen LogP contribution in [0.1, 0.15) is 6.42 Å². The van der Waals surface area contributed by atoms with Crippen LogP contribution in [0, 0.1) is 0 Å². The van der Waals surface area contributed by atoms with Crippen molar-refractivity contribution in [3.63, 3.8) is 0 Å². The predicted molar refractivity (Wildman–Crippen MR) is 108 cm³/mol. The van der Waals surface area contributed by atoms with Gasteiger partial charge in [0.15, 0.2) is 9.84 Å². The minimum atomic E-state index is -3.53. The Hall–Kier alpha value is -3.59. The molecule has 0 radical (unpaired) electrons. The van der Waals surface area contributed by atoms with Crippen LogP contribution < -0.4 is 5.32 Å². The molecule has 29 heavy (non-hydrogen) atoms. The van der Waals surface area contributed by atoms with Gasteiger partial charge in [0.25, 0.3) is 11.7 Å². The number of carbonyl (C=O) groups is 1. The van der Waals surface area contributed by atoms with Gasteiger partial charge in [-0.3, -0.25) is 10.1 Å². The number of aromatic nitrogens is 4. The molecule has 0 aliphatic rings. The van der Waals surface area contributed by atoms with Crippen LogP contribution in [0.25, 0.3) is 17.0 Å². The molecule has 2 aromatic heterocycles. The number of rotatable bonds is 6. The highest BCUT2D eigenvalue weighted by molar-refractivity contribution is 7.91. The second-order valence-corrected chi connectivity index (χ2v) is 8.38. The Morgan fingerprint density at radius 3 is 2.38 bits per heavy atom. The van der Waals surface area contributed by atoms with Crippen LogP contribution in [0.2, 0.25) is 0 Å². The standard InChI is InChI=1S/C20H17N5O3S/c26-18(12-14-29(27,28)16-9-5-2-6-10-16)22-19-23-20-21-13-11-17(25(20)24-19)15-7-3-1-4-8-15/h1-11,13H,12,14H2,(H,22,24,26). The first-order valence-electron chi connectivity index (χ1n) is 8.88. The minimum Gasteiger partial charge on any atom is -0.293 e. The van der Waals surface area contributed by atoms with E-state index in [1.807, 2.05) is 30.3 Å². The van der Waals surface area contributed by atoms with Crippen molar-refractivity contribution in [2.45, 2.75) is 11.3 Å². The molecule has 0 spiro atoms. The van der Waals surface area contributed by atoms with Crippen LogP contribution >= 0.6 is 0 Å². The van der Waals surface area contributed by atoms with E-state index in [-0.39, 0.29) is 23.0 Å². The van der Waals surface area contributed by atoms with Crippen LogP contribution in [0.3, 0.4) is 0 Å². The molecule has 0 fully saturated rings. The fraction of sp³-hybridized carbons (Fsp3) is 0.100. The van der Waals surface area contributed by atoms with Gasteiger partial charge in [-0.2, -0.15) is 9.50 Å². The predicted octanol–water partition coefficient (Wildman–Crippen LogP) is 2.59. The Morgan fingerprint density at radius 2 is 1.66 bits per heavy atom. The Kier molecular flexibility index (Phi) is 5.05. The van der Waals surface area contributed by atoms with Crippen molar-refractivity contribution in [3.05, 3.63) is 72.9 Å². The number of anilines is 1. The molecule has 0 bridgehead atoms. The first-order chi connectivity index (χ1) is 14.0. The summed E-state index contributed by atoms with van der Waals surface area (Å²) in [5, 5.41) is 6.84. The lowest BCUT2D eigenvalue weighted by Crippen LogP contribution is -2.18. The summed E-state index contributed by atoms with van der Waals surface area (Å²) in [6.45, 7) is 0. The first-order valence-corrected chi connectivity index (χ1v) is 10.5. The molecule has 1 N–H and O–H groups in total. The molecular formula is C20H17N5O3S. The Bertz CT molecular complexity index is 1260. The van der Waals surface area contributed by atoms with Gasteiger partial charge >= 0.3 is 0 Å². The molecule has 0 aliphatic carbocycles. The molecule has 2 heterocycles. The molecule has 8 nitrogen and oxygen atoms in total. The minimum absolute atomic E-state index is 0.0722. The van der Waals surface area contributed by atoms with Crippen molar-refractivity contribution < 1.29 is 13.2 Å². The molecule has 0 saturated heterocycles. The van der Waals surface area contributed by atoms with Gasteiger partial charge < -0.3 is 0 Å². The van der Waals surface area contributed by atoms with Crippen molar-refractivity contribution in [1.82, 2.24) is 19.6 Å². The molecule has 2 aromatic carbocycles. The third-order valence-electron chi connectivity index (χ3n) is 4.26. The van der Waals surface area contributed by atoms with E-state index >= 15 is 0 Å². The fourth-order valence-corrected chi connectivity index (χ4v) is 4.10. The number of hydrogen-bond acceptors (Lipinski definition) is 6. The molecule has 1 amide bonds. The summed E-state index contributed by atoms with van der Waals surface area (Å²) in [5.41, 5.74) is 1.70. The van der Waals surface area contributed by atoms with Gasteiger partial charge in [-0.1, -0.05) is 48.5 Å². The highest BCUT2D eigenvalue weighted by Crippen LogP contribution is 2.19. The van der Waals surface area contributed by atoms with Crippen molar-refractivity contribution in [3.8, 4) is 11.3 Å². The van der Waals surface area contributed by atoms with Gasteiger partial charge in [0.05, 0.1) is 16.3 Å². The zero-order valence-corrected chi connectivity index (χ0v) is 16.1. The van der Waals surface area contributed by atoms with Crippen LogP contribution in [-0.2, 0) is 14.6 Å². The lowest BCUT2D eigenvalue weighted by atomic mass is 10.1. The smallest absolute Gasteiger partial charge is 0.254 e. The Morgan fingerprint density at radius 1 is 0.966 bits per heavy atom. The van der Waals surface area contributed by atoms with Gasteiger partial charge in [-0.25, -0.2) is 13.4 Å². The average Bonchev–Trinajstić information content (AvgIpc) is 3.16. The van der Waals surface area contributed by atoms with Crippen LogP contribution in [0.5, 0.6) is 0 Å².